The molecule has 138 valence electrons. The van der Waals surface area contributed by atoms with Gasteiger partial charge < -0.3 is 10.1 Å². The average Bonchev–Trinajstić information content (AvgIpc) is 3.21. The van der Waals surface area contributed by atoms with E-state index in [2.05, 4.69) is 31.4 Å². The van der Waals surface area contributed by atoms with E-state index in [1.54, 1.807) is 18.2 Å². The molecule has 1 heterocycles. The summed E-state index contributed by atoms with van der Waals surface area (Å²) in [5, 5.41) is 9.85. The van der Waals surface area contributed by atoms with E-state index in [9.17, 15) is 4.79 Å². The first kappa shape index (κ1) is 18.0. The Morgan fingerprint density at radius 2 is 1.57 bits per heavy atom. The third-order valence-corrected chi connectivity index (χ3v) is 4.58. The van der Waals surface area contributed by atoms with Crippen LogP contribution in [0, 0.1) is 0 Å². The number of para-hydroxylation sites is 1. The topological polar surface area (TPSA) is 67.0 Å². The van der Waals surface area contributed by atoms with E-state index in [4.69, 9.17) is 4.74 Å². The summed E-state index contributed by atoms with van der Waals surface area (Å²) in [5.41, 5.74) is 2.71. The second kappa shape index (κ2) is 8.10. The maximum absolute atomic E-state index is 12.5. The molecule has 0 bridgehead atoms. The smallest absolute Gasteiger partial charge is 0.273 e. The van der Waals surface area contributed by atoms with Crippen molar-refractivity contribution < 1.29 is 9.53 Å². The average molecular weight is 434 g/mol. The monoisotopic (exact) mass is 433 g/mol. The number of nitrogens with one attached hydrogen (secondary N) is 2. The zero-order valence-corrected chi connectivity index (χ0v) is 16.3. The molecule has 0 atom stereocenters. The van der Waals surface area contributed by atoms with Crippen molar-refractivity contribution in [2.24, 2.45) is 0 Å². The Morgan fingerprint density at radius 3 is 2.29 bits per heavy atom. The summed E-state index contributed by atoms with van der Waals surface area (Å²) in [4.78, 5) is 12.5. The number of aromatic amines is 1. The zero-order valence-electron chi connectivity index (χ0n) is 14.7. The molecule has 4 rings (SSSR count). The molecular formula is C22H16BrN3O2. The van der Waals surface area contributed by atoms with Gasteiger partial charge in [0, 0.05) is 15.7 Å². The van der Waals surface area contributed by atoms with Crippen LogP contribution in [0.25, 0.3) is 11.3 Å². The van der Waals surface area contributed by atoms with Crippen molar-refractivity contribution in [2.45, 2.75) is 0 Å². The van der Waals surface area contributed by atoms with Crippen molar-refractivity contribution in [3.63, 3.8) is 0 Å². The number of hydrogen-bond acceptors (Lipinski definition) is 3. The molecule has 2 N–H and O–H groups in total. The van der Waals surface area contributed by atoms with Gasteiger partial charge in [-0.15, -0.1) is 0 Å². The largest absolute Gasteiger partial charge is 0.457 e. The number of rotatable bonds is 5. The second-order valence-corrected chi connectivity index (χ2v) is 6.98. The first-order valence-corrected chi connectivity index (χ1v) is 9.42. The number of aromatic nitrogens is 2. The fraction of sp³-hybridized carbons (Fsp3) is 0. The minimum Gasteiger partial charge on any atom is -0.457 e. The lowest BCUT2D eigenvalue weighted by molar-refractivity contribution is 0.102. The van der Waals surface area contributed by atoms with E-state index >= 15 is 0 Å². The van der Waals surface area contributed by atoms with Gasteiger partial charge >= 0.3 is 0 Å². The zero-order chi connectivity index (χ0) is 19.3. The molecule has 0 aliphatic carbocycles. The van der Waals surface area contributed by atoms with Crippen molar-refractivity contribution in [3.05, 3.63) is 95.1 Å². The number of nitrogens with zero attached hydrogens (tertiary/aromatic N) is 1. The summed E-state index contributed by atoms with van der Waals surface area (Å²) in [7, 11) is 0. The molecule has 4 aromatic rings. The number of amides is 1. The summed E-state index contributed by atoms with van der Waals surface area (Å²) in [6.07, 6.45) is 0. The van der Waals surface area contributed by atoms with Gasteiger partial charge in [-0.1, -0.05) is 46.3 Å². The maximum Gasteiger partial charge on any atom is 0.273 e. The van der Waals surface area contributed by atoms with Crippen LogP contribution in [0.4, 0.5) is 5.69 Å². The Bertz CT molecular complexity index is 1070. The number of anilines is 1. The molecule has 5 nitrogen and oxygen atoms in total. The van der Waals surface area contributed by atoms with Gasteiger partial charge in [0.1, 0.15) is 17.2 Å². The Balaban J connectivity index is 1.41. The van der Waals surface area contributed by atoms with Crippen molar-refractivity contribution >= 4 is 27.5 Å². The van der Waals surface area contributed by atoms with Crippen molar-refractivity contribution in [1.82, 2.24) is 10.2 Å². The molecule has 0 spiro atoms. The predicted molar refractivity (Wildman–Crippen MR) is 113 cm³/mol. The number of ether oxygens (including phenoxy) is 1. The quantitative estimate of drug-likeness (QED) is 0.412. The number of halogens is 1. The maximum atomic E-state index is 12.5. The Labute approximate surface area is 170 Å². The van der Waals surface area contributed by atoms with Gasteiger partial charge in [0.2, 0.25) is 0 Å². The molecule has 0 aliphatic rings. The molecular weight excluding hydrogens is 418 g/mol. The molecule has 0 radical (unpaired) electrons. The Morgan fingerprint density at radius 1 is 0.893 bits per heavy atom. The standard InChI is InChI=1S/C22H16BrN3O2/c23-16-8-6-15(7-9-16)20-14-21(26-25-20)22(27)24-17-10-12-19(13-11-17)28-18-4-2-1-3-5-18/h1-14H,(H,24,27)(H,25,26). The van der Waals surface area contributed by atoms with Crippen LogP contribution in [0.15, 0.2) is 89.4 Å². The van der Waals surface area contributed by atoms with Gasteiger partial charge in [-0.05, 0) is 54.6 Å². The summed E-state index contributed by atoms with van der Waals surface area (Å²) < 4.78 is 6.74. The SMILES string of the molecule is O=C(Nc1ccc(Oc2ccccc2)cc1)c1cc(-c2ccc(Br)cc2)n[nH]1. The van der Waals surface area contributed by atoms with Crippen LogP contribution >= 0.6 is 15.9 Å². The molecule has 0 aliphatic heterocycles. The number of carbonyl (C=O) groups is 1. The van der Waals surface area contributed by atoms with Gasteiger partial charge in [-0.2, -0.15) is 5.10 Å². The molecule has 0 saturated heterocycles. The normalized spacial score (nSPS) is 10.5. The van der Waals surface area contributed by atoms with E-state index in [0.717, 1.165) is 15.8 Å². The number of benzene rings is 3. The molecule has 3 aromatic carbocycles. The third-order valence-electron chi connectivity index (χ3n) is 4.05. The first-order valence-electron chi connectivity index (χ1n) is 8.63. The summed E-state index contributed by atoms with van der Waals surface area (Å²) in [6.45, 7) is 0. The van der Waals surface area contributed by atoms with E-state index in [0.29, 0.717) is 22.8 Å². The van der Waals surface area contributed by atoms with E-state index < -0.39 is 0 Å². The number of hydrogen-bond donors (Lipinski definition) is 2. The number of H-pyrrole nitrogens is 1. The highest BCUT2D eigenvalue weighted by molar-refractivity contribution is 9.10. The highest BCUT2D eigenvalue weighted by Crippen LogP contribution is 2.24. The van der Waals surface area contributed by atoms with Gasteiger partial charge in [0.25, 0.3) is 5.91 Å². The second-order valence-electron chi connectivity index (χ2n) is 6.07. The molecule has 0 unspecified atom stereocenters. The van der Waals surface area contributed by atoms with Crippen LogP contribution in [0.2, 0.25) is 0 Å². The molecule has 6 heteroatoms. The Hall–Kier alpha value is -3.38. The van der Waals surface area contributed by atoms with Gasteiger partial charge in [-0.25, -0.2) is 0 Å². The van der Waals surface area contributed by atoms with Gasteiger partial charge in [-0.3, -0.25) is 9.89 Å². The van der Waals surface area contributed by atoms with Crippen LogP contribution in [0.1, 0.15) is 10.5 Å². The van der Waals surface area contributed by atoms with Crippen molar-refractivity contribution in [2.75, 3.05) is 5.32 Å². The molecule has 1 amide bonds. The summed E-state index contributed by atoms with van der Waals surface area (Å²) >= 11 is 3.41. The van der Waals surface area contributed by atoms with Gasteiger partial charge in [0.05, 0.1) is 5.69 Å². The van der Waals surface area contributed by atoms with E-state index in [-0.39, 0.29) is 5.91 Å². The highest BCUT2D eigenvalue weighted by Gasteiger charge is 2.11. The fourth-order valence-corrected chi connectivity index (χ4v) is 2.90. The fourth-order valence-electron chi connectivity index (χ4n) is 2.64. The lowest BCUT2D eigenvalue weighted by Gasteiger charge is -2.07. The van der Waals surface area contributed by atoms with Crippen molar-refractivity contribution in [1.29, 1.82) is 0 Å². The van der Waals surface area contributed by atoms with Crippen LogP contribution in [-0.2, 0) is 0 Å². The van der Waals surface area contributed by atoms with E-state index in [1.807, 2.05) is 66.7 Å². The molecule has 0 saturated carbocycles. The minimum absolute atomic E-state index is 0.257. The predicted octanol–water partition coefficient (Wildman–Crippen LogP) is 5.88. The minimum atomic E-state index is -0.257. The molecule has 28 heavy (non-hydrogen) atoms. The third kappa shape index (κ3) is 4.29. The summed E-state index contributed by atoms with van der Waals surface area (Å²) in [6, 6.07) is 26.2. The Kier molecular flexibility index (Phi) is 5.21. The first-order chi connectivity index (χ1) is 13.7. The lowest BCUT2D eigenvalue weighted by atomic mass is 10.1. The van der Waals surface area contributed by atoms with Crippen LogP contribution in [-0.4, -0.2) is 16.1 Å². The van der Waals surface area contributed by atoms with E-state index in [1.165, 1.54) is 0 Å². The number of carbonyl (C=O) groups excluding carboxylic acids is 1. The molecule has 1 aromatic heterocycles. The highest BCUT2D eigenvalue weighted by atomic mass is 79.9. The van der Waals surface area contributed by atoms with Gasteiger partial charge in [0.15, 0.2) is 0 Å². The lowest BCUT2D eigenvalue weighted by Crippen LogP contribution is -2.12. The van der Waals surface area contributed by atoms with Crippen molar-refractivity contribution in [3.8, 4) is 22.8 Å². The summed E-state index contributed by atoms with van der Waals surface area (Å²) in [5.74, 6) is 1.20. The molecule has 0 fully saturated rings. The van der Waals surface area contributed by atoms with Crippen LogP contribution < -0.4 is 10.1 Å². The van der Waals surface area contributed by atoms with Crippen LogP contribution in [0.5, 0.6) is 11.5 Å². The van der Waals surface area contributed by atoms with Crippen LogP contribution in [0.3, 0.4) is 0 Å².